The maximum absolute atomic E-state index is 11.5. The zero-order valence-electron chi connectivity index (χ0n) is 14.3. The van der Waals surface area contributed by atoms with E-state index in [9.17, 15) is 4.79 Å². The maximum Gasteiger partial charge on any atom is 0.239 e. The molecule has 0 aliphatic carbocycles. The molecule has 128 valence electrons. The number of amides is 1. The van der Waals surface area contributed by atoms with Crippen LogP contribution in [0.25, 0.3) is 0 Å². The highest BCUT2D eigenvalue weighted by Gasteiger charge is 2.05. The first-order valence-corrected chi connectivity index (χ1v) is 8.15. The Morgan fingerprint density at radius 1 is 1.20 bits per heavy atom. The van der Waals surface area contributed by atoms with Gasteiger partial charge in [0.05, 0.1) is 12.3 Å². The first-order valence-electron chi connectivity index (χ1n) is 8.15. The predicted molar refractivity (Wildman–Crippen MR) is 97.0 cm³/mol. The summed E-state index contributed by atoms with van der Waals surface area (Å²) in [5.74, 6) is 0.635. The van der Waals surface area contributed by atoms with E-state index in [1.54, 1.807) is 6.21 Å². The molecule has 0 fully saturated rings. The molecule has 25 heavy (non-hydrogen) atoms. The first kappa shape index (κ1) is 18.2. The van der Waals surface area contributed by atoms with Crippen LogP contribution in [-0.2, 0) is 11.4 Å². The van der Waals surface area contributed by atoms with Crippen LogP contribution in [0.1, 0.15) is 30.9 Å². The van der Waals surface area contributed by atoms with E-state index in [0.717, 1.165) is 16.9 Å². The van der Waals surface area contributed by atoms with Crippen molar-refractivity contribution in [1.82, 2.24) is 5.01 Å². The van der Waals surface area contributed by atoms with Gasteiger partial charge >= 0.3 is 0 Å². The minimum atomic E-state index is -0.142. The molecule has 0 spiro atoms. The minimum Gasteiger partial charge on any atom is -0.489 e. The Hall–Kier alpha value is -3.13. The smallest absolute Gasteiger partial charge is 0.239 e. The van der Waals surface area contributed by atoms with E-state index in [4.69, 9.17) is 10.00 Å². The molecule has 0 heterocycles. The summed E-state index contributed by atoms with van der Waals surface area (Å²) in [6, 6.07) is 19.6. The Morgan fingerprint density at radius 3 is 2.56 bits per heavy atom. The Balaban J connectivity index is 1.90. The lowest BCUT2D eigenvalue weighted by molar-refractivity contribution is -0.128. The summed E-state index contributed by atoms with van der Waals surface area (Å²) in [6.07, 6.45) is 2.65. The largest absolute Gasteiger partial charge is 0.489 e. The number of unbranched alkanes of at least 4 members (excludes halogenated alkanes) is 1. The number of hydrazone groups is 1. The third kappa shape index (κ3) is 6.48. The predicted octanol–water partition coefficient (Wildman–Crippen LogP) is 3.75. The number of nitrogens with zero attached hydrogens (tertiary/aromatic N) is 3. The standard InChI is InChI=1S/C20H21N3O2/c1-17(24)23(14-6-5-13-21)22-15-18-9-11-20(12-10-18)25-16-19-7-3-2-4-8-19/h2-4,7-12,15H,5-6,14,16H2,1H3. The molecule has 0 saturated carbocycles. The van der Waals surface area contributed by atoms with Gasteiger partial charge in [0.2, 0.25) is 5.91 Å². The molecule has 1 amide bonds. The lowest BCUT2D eigenvalue weighted by Gasteiger charge is -2.13. The number of nitriles is 1. The third-order valence-electron chi connectivity index (χ3n) is 3.50. The Kier molecular flexibility index (Phi) is 7.20. The van der Waals surface area contributed by atoms with Crippen LogP contribution in [0.15, 0.2) is 59.7 Å². The lowest BCUT2D eigenvalue weighted by atomic mass is 10.2. The van der Waals surface area contributed by atoms with Crippen LogP contribution in [0.2, 0.25) is 0 Å². The normalized spacial score (nSPS) is 10.4. The quantitative estimate of drug-likeness (QED) is 0.419. The van der Waals surface area contributed by atoms with E-state index < -0.39 is 0 Å². The number of hydrogen-bond acceptors (Lipinski definition) is 4. The number of benzene rings is 2. The van der Waals surface area contributed by atoms with E-state index in [1.807, 2.05) is 54.6 Å². The molecule has 0 bridgehead atoms. The fourth-order valence-electron chi connectivity index (χ4n) is 2.13. The van der Waals surface area contributed by atoms with E-state index in [-0.39, 0.29) is 5.91 Å². The number of carbonyl (C=O) groups is 1. The average Bonchev–Trinajstić information content (AvgIpc) is 2.64. The lowest BCUT2D eigenvalue weighted by Crippen LogP contribution is -2.24. The molecule has 0 unspecified atom stereocenters. The van der Waals surface area contributed by atoms with Crippen molar-refractivity contribution in [3.8, 4) is 11.8 Å². The molecule has 0 aliphatic rings. The molecule has 0 aromatic heterocycles. The van der Waals surface area contributed by atoms with Gasteiger partial charge in [0.15, 0.2) is 0 Å². The van der Waals surface area contributed by atoms with Gasteiger partial charge in [-0.2, -0.15) is 10.4 Å². The van der Waals surface area contributed by atoms with Crippen LogP contribution in [0.5, 0.6) is 5.75 Å². The van der Waals surface area contributed by atoms with Gasteiger partial charge < -0.3 is 4.74 Å². The minimum absolute atomic E-state index is 0.142. The second-order valence-corrected chi connectivity index (χ2v) is 5.49. The van der Waals surface area contributed by atoms with Gasteiger partial charge in [-0.15, -0.1) is 0 Å². The summed E-state index contributed by atoms with van der Waals surface area (Å²) in [5.41, 5.74) is 1.99. The SMILES string of the molecule is CC(=O)N(CCCC#N)N=Cc1ccc(OCc2ccccc2)cc1. The van der Waals surface area contributed by atoms with E-state index >= 15 is 0 Å². The van der Waals surface area contributed by atoms with Crippen LogP contribution >= 0.6 is 0 Å². The van der Waals surface area contributed by atoms with E-state index in [1.165, 1.54) is 11.9 Å². The summed E-state index contributed by atoms with van der Waals surface area (Å²) in [5, 5.41) is 14.1. The van der Waals surface area contributed by atoms with Crippen molar-refractivity contribution in [1.29, 1.82) is 5.26 Å². The van der Waals surface area contributed by atoms with Gasteiger partial charge in [0.1, 0.15) is 12.4 Å². The molecule has 0 radical (unpaired) electrons. The number of rotatable bonds is 8. The third-order valence-corrected chi connectivity index (χ3v) is 3.50. The van der Waals surface area contributed by atoms with Crippen LogP contribution in [0, 0.1) is 11.3 Å². The fourth-order valence-corrected chi connectivity index (χ4v) is 2.13. The fraction of sp³-hybridized carbons (Fsp3) is 0.250. The molecule has 2 aromatic carbocycles. The maximum atomic E-state index is 11.5. The number of ether oxygens (including phenoxy) is 1. The van der Waals surface area contributed by atoms with Crippen LogP contribution in [-0.4, -0.2) is 23.7 Å². The Morgan fingerprint density at radius 2 is 1.92 bits per heavy atom. The second-order valence-electron chi connectivity index (χ2n) is 5.49. The molecule has 0 aliphatic heterocycles. The van der Waals surface area contributed by atoms with Gasteiger partial charge in [0, 0.05) is 19.9 Å². The van der Waals surface area contributed by atoms with E-state index in [2.05, 4.69) is 11.2 Å². The zero-order valence-corrected chi connectivity index (χ0v) is 14.3. The van der Waals surface area contributed by atoms with E-state index in [0.29, 0.717) is 26.0 Å². The van der Waals surface area contributed by atoms with Gasteiger partial charge in [-0.25, -0.2) is 5.01 Å². The van der Waals surface area contributed by atoms with Crippen LogP contribution in [0.3, 0.4) is 0 Å². The highest BCUT2D eigenvalue weighted by atomic mass is 16.5. The van der Waals surface area contributed by atoms with Gasteiger partial charge in [-0.05, 0) is 41.8 Å². The Labute approximate surface area is 148 Å². The highest BCUT2D eigenvalue weighted by Crippen LogP contribution is 2.13. The van der Waals surface area contributed by atoms with Crippen molar-refractivity contribution in [2.24, 2.45) is 5.10 Å². The summed E-state index contributed by atoms with van der Waals surface area (Å²) in [6.45, 7) is 2.42. The summed E-state index contributed by atoms with van der Waals surface area (Å²) in [4.78, 5) is 11.5. The first-order chi connectivity index (χ1) is 12.2. The zero-order chi connectivity index (χ0) is 17.9. The molecular weight excluding hydrogens is 314 g/mol. The topological polar surface area (TPSA) is 65.7 Å². The van der Waals surface area contributed by atoms with Crippen molar-refractivity contribution in [2.45, 2.75) is 26.4 Å². The molecule has 0 saturated heterocycles. The molecule has 2 aromatic rings. The van der Waals surface area contributed by atoms with Gasteiger partial charge in [0.25, 0.3) is 0 Å². The molecule has 2 rings (SSSR count). The van der Waals surface area contributed by atoms with Crippen molar-refractivity contribution >= 4 is 12.1 Å². The molecule has 0 atom stereocenters. The van der Waals surface area contributed by atoms with Gasteiger partial charge in [-0.3, -0.25) is 4.79 Å². The van der Waals surface area contributed by atoms with Crippen LogP contribution < -0.4 is 4.74 Å². The number of carbonyl (C=O) groups excluding carboxylic acids is 1. The second kappa shape index (κ2) is 9.89. The van der Waals surface area contributed by atoms with Gasteiger partial charge in [-0.1, -0.05) is 30.3 Å². The highest BCUT2D eigenvalue weighted by molar-refractivity contribution is 5.81. The van der Waals surface area contributed by atoms with Crippen molar-refractivity contribution < 1.29 is 9.53 Å². The molecule has 5 heteroatoms. The average molecular weight is 335 g/mol. The van der Waals surface area contributed by atoms with Crippen molar-refractivity contribution in [2.75, 3.05) is 6.54 Å². The number of hydrogen-bond donors (Lipinski definition) is 0. The van der Waals surface area contributed by atoms with Crippen molar-refractivity contribution in [3.05, 3.63) is 65.7 Å². The molecular formula is C20H21N3O2. The monoisotopic (exact) mass is 335 g/mol. The molecule has 0 N–H and O–H groups in total. The summed E-state index contributed by atoms with van der Waals surface area (Å²) in [7, 11) is 0. The Bertz CT molecular complexity index is 734. The van der Waals surface area contributed by atoms with Crippen LogP contribution in [0.4, 0.5) is 0 Å². The summed E-state index contributed by atoms with van der Waals surface area (Å²) < 4.78 is 5.74. The van der Waals surface area contributed by atoms with Crippen molar-refractivity contribution in [3.63, 3.8) is 0 Å². The summed E-state index contributed by atoms with van der Waals surface area (Å²) >= 11 is 0. The molecule has 5 nitrogen and oxygen atoms in total.